The van der Waals surface area contributed by atoms with Gasteiger partial charge < -0.3 is 10.4 Å². The number of hydrogen-bond donors (Lipinski definition) is 2. The van der Waals surface area contributed by atoms with E-state index in [2.05, 4.69) is 5.32 Å². The standard InChI is InChI=1S/C14H19IN2O4/c1-14(2,3)8-10(7-13(18)19)16-11-5-4-9(15)6-12(11)17(20)21/h4-6,10,16H,7-8H2,1-3H3,(H,18,19). The van der Waals surface area contributed by atoms with Crippen molar-refractivity contribution in [3.63, 3.8) is 0 Å². The average Bonchev–Trinajstić information content (AvgIpc) is 2.28. The summed E-state index contributed by atoms with van der Waals surface area (Å²) in [6, 6.07) is 4.49. The van der Waals surface area contributed by atoms with Gasteiger partial charge in [-0.25, -0.2) is 0 Å². The number of aliphatic carboxylic acids is 1. The van der Waals surface area contributed by atoms with Gasteiger partial charge in [-0.3, -0.25) is 14.9 Å². The molecule has 0 saturated heterocycles. The maximum Gasteiger partial charge on any atom is 0.305 e. The van der Waals surface area contributed by atoms with Crippen LogP contribution in [0.1, 0.15) is 33.6 Å². The number of carboxylic acid groups (broad SMARTS) is 1. The second-order valence-corrected chi connectivity index (χ2v) is 7.37. The minimum Gasteiger partial charge on any atom is -0.481 e. The molecule has 0 heterocycles. The van der Waals surface area contributed by atoms with Crippen molar-refractivity contribution in [2.75, 3.05) is 5.32 Å². The lowest BCUT2D eigenvalue weighted by atomic mass is 9.87. The number of anilines is 1. The van der Waals surface area contributed by atoms with Crippen LogP contribution in [-0.2, 0) is 4.79 Å². The van der Waals surface area contributed by atoms with Crippen LogP contribution in [-0.4, -0.2) is 22.0 Å². The maximum atomic E-state index is 11.1. The number of hydrogen-bond acceptors (Lipinski definition) is 4. The number of halogens is 1. The van der Waals surface area contributed by atoms with Gasteiger partial charge in [-0.1, -0.05) is 20.8 Å². The largest absolute Gasteiger partial charge is 0.481 e. The molecular formula is C14H19IN2O4. The van der Waals surface area contributed by atoms with Crippen LogP contribution in [0, 0.1) is 19.1 Å². The molecule has 1 rings (SSSR count). The van der Waals surface area contributed by atoms with Crippen molar-refractivity contribution in [2.45, 2.75) is 39.7 Å². The number of carboxylic acids is 1. The second kappa shape index (κ2) is 7.06. The third-order valence-corrected chi connectivity index (χ3v) is 3.47. The zero-order chi connectivity index (χ0) is 16.2. The highest BCUT2D eigenvalue weighted by Crippen LogP contribution is 2.30. The van der Waals surface area contributed by atoms with E-state index in [-0.39, 0.29) is 23.6 Å². The Morgan fingerprint density at radius 3 is 2.57 bits per heavy atom. The second-order valence-electron chi connectivity index (χ2n) is 6.12. The number of nitro groups is 1. The fraction of sp³-hybridized carbons (Fsp3) is 0.500. The SMILES string of the molecule is CC(C)(C)CC(CC(=O)O)Nc1ccc(I)cc1[N+](=O)[O-]. The van der Waals surface area contributed by atoms with Crippen LogP contribution in [0.4, 0.5) is 11.4 Å². The third-order valence-electron chi connectivity index (χ3n) is 2.80. The van der Waals surface area contributed by atoms with Crippen molar-refractivity contribution in [3.05, 3.63) is 31.9 Å². The van der Waals surface area contributed by atoms with Gasteiger partial charge in [0.1, 0.15) is 5.69 Å². The van der Waals surface area contributed by atoms with Gasteiger partial charge in [-0.2, -0.15) is 0 Å². The van der Waals surface area contributed by atoms with Gasteiger partial charge in [-0.15, -0.1) is 0 Å². The lowest BCUT2D eigenvalue weighted by Gasteiger charge is -2.26. The first-order valence-electron chi connectivity index (χ1n) is 6.51. The zero-order valence-electron chi connectivity index (χ0n) is 12.2. The number of rotatable bonds is 6. The normalized spacial score (nSPS) is 12.8. The Morgan fingerprint density at radius 1 is 1.48 bits per heavy atom. The Kier molecular flexibility index (Phi) is 5.94. The fourth-order valence-corrected chi connectivity index (χ4v) is 2.60. The highest BCUT2D eigenvalue weighted by Gasteiger charge is 2.24. The summed E-state index contributed by atoms with van der Waals surface area (Å²) in [6.45, 7) is 6.02. The van der Waals surface area contributed by atoms with Crippen molar-refractivity contribution in [2.24, 2.45) is 5.41 Å². The molecular weight excluding hydrogens is 387 g/mol. The van der Waals surface area contributed by atoms with Crippen molar-refractivity contribution in [1.29, 1.82) is 0 Å². The molecule has 0 aromatic heterocycles. The molecule has 0 amide bonds. The van der Waals surface area contributed by atoms with Crippen LogP contribution in [0.2, 0.25) is 0 Å². The molecule has 1 unspecified atom stereocenters. The molecule has 2 N–H and O–H groups in total. The average molecular weight is 406 g/mol. The highest BCUT2D eigenvalue weighted by atomic mass is 127. The predicted molar refractivity (Wildman–Crippen MR) is 89.5 cm³/mol. The zero-order valence-corrected chi connectivity index (χ0v) is 14.4. The van der Waals surface area contributed by atoms with Gasteiger partial charge in [0.2, 0.25) is 0 Å². The lowest BCUT2D eigenvalue weighted by Crippen LogP contribution is -2.28. The van der Waals surface area contributed by atoms with E-state index in [1.807, 2.05) is 43.4 Å². The molecule has 1 aromatic rings. The Bertz CT molecular complexity index is 540. The molecule has 0 aliphatic carbocycles. The smallest absolute Gasteiger partial charge is 0.305 e. The summed E-state index contributed by atoms with van der Waals surface area (Å²) >= 11 is 2.00. The summed E-state index contributed by atoms with van der Waals surface area (Å²) in [5.41, 5.74) is 0.243. The summed E-state index contributed by atoms with van der Waals surface area (Å²) in [5, 5.41) is 23.1. The van der Waals surface area contributed by atoms with E-state index in [9.17, 15) is 14.9 Å². The van der Waals surface area contributed by atoms with E-state index in [1.165, 1.54) is 6.07 Å². The summed E-state index contributed by atoms with van der Waals surface area (Å²) in [4.78, 5) is 21.6. The number of carbonyl (C=O) groups is 1. The Hall–Kier alpha value is -1.38. The first-order chi connectivity index (χ1) is 9.58. The van der Waals surface area contributed by atoms with Crippen LogP contribution in [0.15, 0.2) is 18.2 Å². The maximum absolute atomic E-state index is 11.1. The molecule has 7 heteroatoms. The Morgan fingerprint density at radius 2 is 2.10 bits per heavy atom. The van der Waals surface area contributed by atoms with Crippen LogP contribution in [0.3, 0.4) is 0 Å². The Labute approximate surface area is 137 Å². The predicted octanol–water partition coefficient (Wildman–Crippen LogP) is 3.89. The van der Waals surface area contributed by atoms with Crippen molar-refractivity contribution >= 4 is 39.9 Å². The summed E-state index contributed by atoms with van der Waals surface area (Å²) in [5.74, 6) is -0.926. The van der Waals surface area contributed by atoms with Gasteiger partial charge in [-0.05, 0) is 46.6 Å². The topological polar surface area (TPSA) is 92.5 Å². The van der Waals surface area contributed by atoms with Gasteiger partial charge in [0.05, 0.1) is 11.3 Å². The molecule has 21 heavy (non-hydrogen) atoms. The van der Waals surface area contributed by atoms with E-state index >= 15 is 0 Å². The van der Waals surface area contributed by atoms with E-state index in [0.717, 1.165) is 3.57 Å². The molecule has 0 aliphatic rings. The molecule has 0 spiro atoms. The van der Waals surface area contributed by atoms with Crippen molar-refractivity contribution in [3.8, 4) is 0 Å². The van der Waals surface area contributed by atoms with Gasteiger partial charge in [0, 0.05) is 15.7 Å². The highest BCUT2D eigenvalue weighted by molar-refractivity contribution is 14.1. The van der Waals surface area contributed by atoms with Crippen LogP contribution in [0.25, 0.3) is 0 Å². The minimum absolute atomic E-state index is 0.0359. The monoisotopic (exact) mass is 406 g/mol. The molecule has 1 atom stereocenters. The van der Waals surface area contributed by atoms with Crippen molar-refractivity contribution < 1.29 is 14.8 Å². The first-order valence-corrected chi connectivity index (χ1v) is 7.58. The van der Waals surface area contributed by atoms with Gasteiger partial charge >= 0.3 is 5.97 Å². The first kappa shape index (κ1) is 17.7. The lowest BCUT2D eigenvalue weighted by molar-refractivity contribution is -0.384. The molecule has 6 nitrogen and oxygen atoms in total. The number of nitrogens with zero attached hydrogens (tertiary/aromatic N) is 1. The molecule has 0 saturated carbocycles. The number of benzene rings is 1. The van der Waals surface area contributed by atoms with Crippen molar-refractivity contribution in [1.82, 2.24) is 0 Å². The number of nitrogens with one attached hydrogen (secondary N) is 1. The molecule has 0 aliphatic heterocycles. The van der Waals surface area contributed by atoms with Crippen LogP contribution < -0.4 is 5.32 Å². The quantitative estimate of drug-likeness (QED) is 0.425. The molecule has 116 valence electrons. The fourth-order valence-electron chi connectivity index (χ4n) is 2.12. The molecule has 1 aromatic carbocycles. The van der Waals surface area contributed by atoms with Crippen LogP contribution >= 0.6 is 22.6 Å². The van der Waals surface area contributed by atoms with Gasteiger partial charge in [0.25, 0.3) is 5.69 Å². The molecule has 0 radical (unpaired) electrons. The number of nitro benzene ring substituents is 1. The summed E-state index contributed by atoms with van der Waals surface area (Å²) in [6.07, 6.45) is 0.517. The Balaban J connectivity index is 3.02. The van der Waals surface area contributed by atoms with Gasteiger partial charge in [0.15, 0.2) is 0 Å². The van der Waals surface area contributed by atoms with E-state index in [0.29, 0.717) is 12.1 Å². The summed E-state index contributed by atoms with van der Waals surface area (Å²) in [7, 11) is 0. The minimum atomic E-state index is -0.926. The van der Waals surface area contributed by atoms with E-state index < -0.39 is 10.9 Å². The summed E-state index contributed by atoms with van der Waals surface area (Å²) < 4.78 is 0.760. The third kappa shape index (κ3) is 6.28. The van der Waals surface area contributed by atoms with Crippen LogP contribution in [0.5, 0.6) is 0 Å². The molecule has 0 bridgehead atoms. The van der Waals surface area contributed by atoms with E-state index in [1.54, 1.807) is 12.1 Å². The molecule has 0 fully saturated rings. The van der Waals surface area contributed by atoms with E-state index in [4.69, 9.17) is 5.11 Å².